The highest BCUT2D eigenvalue weighted by atomic mass is 32.2. The summed E-state index contributed by atoms with van der Waals surface area (Å²) in [5.41, 5.74) is 0.404. The van der Waals surface area contributed by atoms with Crippen LogP contribution < -0.4 is 10.6 Å². The van der Waals surface area contributed by atoms with Crippen molar-refractivity contribution in [1.82, 2.24) is 9.97 Å². The summed E-state index contributed by atoms with van der Waals surface area (Å²) in [6.45, 7) is 7.64. The average Bonchev–Trinajstić information content (AvgIpc) is 2.93. The van der Waals surface area contributed by atoms with Crippen LogP contribution in [-0.2, 0) is 0 Å². The van der Waals surface area contributed by atoms with E-state index in [1.54, 1.807) is 11.8 Å². The van der Waals surface area contributed by atoms with Gasteiger partial charge in [-0.2, -0.15) is 0 Å². The van der Waals surface area contributed by atoms with Crippen molar-refractivity contribution in [2.24, 2.45) is 5.41 Å². The molecule has 1 aromatic heterocycles. The van der Waals surface area contributed by atoms with Gasteiger partial charge in [-0.05, 0) is 24.5 Å². The number of nitrogens with one attached hydrogen (secondary N) is 2. The van der Waals surface area contributed by atoms with Crippen molar-refractivity contribution in [3.63, 3.8) is 0 Å². The molecular formula is C13H22N4S. The van der Waals surface area contributed by atoms with Crippen molar-refractivity contribution in [2.75, 3.05) is 23.4 Å². The molecule has 4 nitrogen and oxygen atoms in total. The smallest absolute Gasteiger partial charge is 0.191 e. The Bertz CT molecular complexity index is 419. The Kier molecular flexibility index (Phi) is 4.00. The van der Waals surface area contributed by atoms with Gasteiger partial charge in [-0.25, -0.2) is 9.97 Å². The molecule has 1 unspecified atom stereocenters. The number of nitrogens with zero attached hydrogens (tertiary/aromatic N) is 2. The Morgan fingerprint density at radius 1 is 1.39 bits per heavy atom. The molecule has 1 atom stereocenters. The molecule has 18 heavy (non-hydrogen) atoms. The molecule has 0 saturated heterocycles. The minimum Gasteiger partial charge on any atom is -0.370 e. The second kappa shape index (κ2) is 5.34. The van der Waals surface area contributed by atoms with Gasteiger partial charge in [0.2, 0.25) is 0 Å². The summed E-state index contributed by atoms with van der Waals surface area (Å²) in [6.07, 6.45) is 4.31. The molecule has 0 radical (unpaired) electrons. The standard InChI is InChI=1S/C13H22N4S/c1-5-6-14-10-7-11(17-12(16-10)18-4)15-9-8-13(9,2)3/h7,9H,5-6,8H2,1-4H3,(H2,14,15,16,17). The van der Waals surface area contributed by atoms with Gasteiger partial charge >= 0.3 is 0 Å². The van der Waals surface area contributed by atoms with E-state index in [9.17, 15) is 0 Å². The van der Waals surface area contributed by atoms with Crippen LogP contribution in [0.15, 0.2) is 11.2 Å². The van der Waals surface area contributed by atoms with Crippen LogP contribution in [0.5, 0.6) is 0 Å². The summed E-state index contributed by atoms with van der Waals surface area (Å²) in [6, 6.07) is 2.55. The SMILES string of the molecule is CCCNc1cc(NC2CC2(C)C)nc(SC)n1. The van der Waals surface area contributed by atoms with E-state index >= 15 is 0 Å². The Morgan fingerprint density at radius 2 is 2.06 bits per heavy atom. The Labute approximate surface area is 113 Å². The molecule has 1 saturated carbocycles. The molecule has 2 N–H and O–H groups in total. The fourth-order valence-corrected chi connectivity index (χ4v) is 2.21. The molecule has 1 heterocycles. The quantitative estimate of drug-likeness (QED) is 0.611. The predicted molar refractivity (Wildman–Crippen MR) is 78.4 cm³/mol. The van der Waals surface area contributed by atoms with Crippen molar-refractivity contribution in [3.05, 3.63) is 6.07 Å². The fourth-order valence-electron chi connectivity index (χ4n) is 1.83. The van der Waals surface area contributed by atoms with E-state index in [1.807, 2.05) is 12.3 Å². The van der Waals surface area contributed by atoms with Gasteiger partial charge in [0.1, 0.15) is 11.6 Å². The van der Waals surface area contributed by atoms with Crippen molar-refractivity contribution in [3.8, 4) is 0 Å². The lowest BCUT2D eigenvalue weighted by Crippen LogP contribution is -2.11. The lowest BCUT2D eigenvalue weighted by atomic mass is 10.2. The van der Waals surface area contributed by atoms with Gasteiger partial charge in [-0.1, -0.05) is 32.5 Å². The summed E-state index contributed by atoms with van der Waals surface area (Å²) in [5, 5.41) is 7.63. The first-order chi connectivity index (χ1) is 8.55. The van der Waals surface area contributed by atoms with Crippen LogP contribution in [0.1, 0.15) is 33.6 Å². The van der Waals surface area contributed by atoms with E-state index in [0.717, 1.165) is 29.8 Å². The van der Waals surface area contributed by atoms with E-state index in [0.29, 0.717) is 11.5 Å². The van der Waals surface area contributed by atoms with Gasteiger partial charge in [-0.3, -0.25) is 0 Å². The largest absolute Gasteiger partial charge is 0.370 e. The summed E-state index contributed by atoms with van der Waals surface area (Å²) < 4.78 is 0. The number of anilines is 2. The van der Waals surface area contributed by atoms with Crippen LogP contribution in [0, 0.1) is 5.41 Å². The number of hydrogen-bond donors (Lipinski definition) is 2. The van der Waals surface area contributed by atoms with E-state index < -0.39 is 0 Å². The third kappa shape index (κ3) is 3.28. The maximum atomic E-state index is 4.51. The van der Waals surface area contributed by atoms with E-state index in [4.69, 9.17) is 0 Å². The van der Waals surface area contributed by atoms with Crippen LogP contribution in [-0.4, -0.2) is 28.8 Å². The Hall–Kier alpha value is -0.970. The first kappa shape index (κ1) is 13.5. The molecule has 100 valence electrons. The van der Waals surface area contributed by atoms with Crippen LogP contribution >= 0.6 is 11.8 Å². The van der Waals surface area contributed by atoms with E-state index in [1.165, 1.54) is 6.42 Å². The van der Waals surface area contributed by atoms with E-state index in [2.05, 4.69) is 41.4 Å². The normalized spacial score (nSPS) is 20.6. The highest BCUT2D eigenvalue weighted by molar-refractivity contribution is 7.98. The molecule has 1 aliphatic carbocycles. The number of aromatic nitrogens is 2. The van der Waals surface area contributed by atoms with Crippen LogP contribution in [0.4, 0.5) is 11.6 Å². The molecule has 1 fully saturated rings. The van der Waals surface area contributed by atoms with Gasteiger partial charge in [-0.15, -0.1) is 0 Å². The zero-order chi connectivity index (χ0) is 13.2. The van der Waals surface area contributed by atoms with Crippen molar-refractivity contribution >= 4 is 23.4 Å². The second-order valence-electron chi connectivity index (χ2n) is 5.44. The van der Waals surface area contributed by atoms with Gasteiger partial charge < -0.3 is 10.6 Å². The molecule has 0 amide bonds. The first-order valence-corrected chi connectivity index (χ1v) is 7.71. The summed E-state index contributed by atoms with van der Waals surface area (Å²) in [7, 11) is 0. The number of rotatable bonds is 6. The molecule has 0 spiro atoms. The zero-order valence-corrected chi connectivity index (χ0v) is 12.4. The fraction of sp³-hybridized carbons (Fsp3) is 0.692. The highest BCUT2D eigenvalue weighted by Gasteiger charge is 2.45. The molecule has 0 bridgehead atoms. The Balaban J connectivity index is 2.08. The summed E-state index contributed by atoms with van der Waals surface area (Å²) in [4.78, 5) is 8.96. The number of thioether (sulfide) groups is 1. The molecule has 1 aliphatic rings. The van der Waals surface area contributed by atoms with Crippen molar-refractivity contribution in [1.29, 1.82) is 0 Å². The van der Waals surface area contributed by atoms with Gasteiger partial charge in [0.25, 0.3) is 0 Å². The lowest BCUT2D eigenvalue weighted by Gasteiger charge is -2.11. The Morgan fingerprint density at radius 3 is 2.61 bits per heavy atom. The third-order valence-corrected chi connectivity index (χ3v) is 3.83. The van der Waals surface area contributed by atoms with Crippen molar-refractivity contribution < 1.29 is 0 Å². The highest BCUT2D eigenvalue weighted by Crippen LogP contribution is 2.46. The second-order valence-corrected chi connectivity index (χ2v) is 6.21. The maximum absolute atomic E-state index is 4.51. The monoisotopic (exact) mass is 266 g/mol. The molecular weight excluding hydrogens is 244 g/mol. The van der Waals surface area contributed by atoms with Crippen LogP contribution in [0.25, 0.3) is 0 Å². The van der Waals surface area contributed by atoms with E-state index in [-0.39, 0.29) is 0 Å². The van der Waals surface area contributed by atoms with Crippen LogP contribution in [0.2, 0.25) is 0 Å². The average molecular weight is 266 g/mol. The summed E-state index contributed by atoms with van der Waals surface area (Å²) >= 11 is 1.58. The van der Waals surface area contributed by atoms with Gasteiger partial charge in [0.15, 0.2) is 5.16 Å². The first-order valence-electron chi connectivity index (χ1n) is 6.48. The molecule has 0 aromatic carbocycles. The lowest BCUT2D eigenvalue weighted by molar-refractivity contribution is 0.629. The minimum atomic E-state index is 0.404. The minimum absolute atomic E-state index is 0.404. The topological polar surface area (TPSA) is 49.8 Å². The molecule has 1 aromatic rings. The van der Waals surface area contributed by atoms with Gasteiger partial charge in [0, 0.05) is 18.7 Å². The predicted octanol–water partition coefficient (Wildman–Crippen LogP) is 3.23. The van der Waals surface area contributed by atoms with Crippen molar-refractivity contribution in [2.45, 2.75) is 44.8 Å². The maximum Gasteiger partial charge on any atom is 0.191 e. The third-order valence-electron chi connectivity index (χ3n) is 3.28. The molecule has 5 heteroatoms. The number of hydrogen-bond acceptors (Lipinski definition) is 5. The summed E-state index contributed by atoms with van der Waals surface area (Å²) in [5.74, 6) is 1.85. The molecule has 0 aliphatic heterocycles. The molecule has 2 rings (SSSR count). The van der Waals surface area contributed by atoms with Gasteiger partial charge in [0.05, 0.1) is 0 Å². The van der Waals surface area contributed by atoms with Crippen LogP contribution in [0.3, 0.4) is 0 Å². The zero-order valence-electron chi connectivity index (χ0n) is 11.6.